The van der Waals surface area contributed by atoms with Crippen LogP contribution in [0.4, 0.5) is 5.69 Å². The zero-order valence-corrected chi connectivity index (χ0v) is 13.1. The number of aromatic nitrogens is 2. The molecule has 0 bridgehead atoms. The predicted octanol–water partition coefficient (Wildman–Crippen LogP) is 3.48. The molecule has 0 unspecified atom stereocenters. The lowest BCUT2D eigenvalue weighted by Crippen LogP contribution is -2.13. The molecule has 0 saturated heterocycles. The molecule has 0 aliphatic rings. The van der Waals surface area contributed by atoms with Crippen molar-refractivity contribution < 1.29 is 4.79 Å². The van der Waals surface area contributed by atoms with E-state index in [0.717, 1.165) is 10.6 Å². The number of hydrogen-bond donors (Lipinski definition) is 1. The van der Waals surface area contributed by atoms with E-state index in [9.17, 15) is 4.79 Å². The van der Waals surface area contributed by atoms with Crippen LogP contribution in [-0.4, -0.2) is 15.7 Å². The summed E-state index contributed by atoms with van der Waals surface area (Å²) in [6, 6.07) is 12.1. The van der Waals surface area contributed by atoms with Crippen molar-refractivity contribution in [3.8, 4) is 0 Å². The molecule has 0 atom stereocenters. The first kappa shape index (κ1) is 14.5. The molecular weight excluding hydrogens is 294 g/mol. The summed E-state index contributed by atoms with van der Waals surface area (Å²) in [7, 11) is 0. The Labute approximate surface area is 133 Å². The summed E-state index contributed by atoms with van der Waals surface area (Å²) in [6.45, 7) is 2.79. The molecule has 0 saturated carbocycles. The van der Waals surface area contributed by atoms with Crippen molar-refractivity contribution in [3.05, 3.63) is 70.2 Å². The Balaban J connectivity index is 1.61. The van der Waals surface area contributed by atoms with Gasteiger partial charge in [0.1, 0.15) is 0 Å². The van der Waals surface area contributed by atoms with E-state index in [-0.39, 0.29) is 5.91 Å². The van der Waals surface area contributed by atoms with E-state index in [4.69, 9.17) is 0 Å². The summed E-state index contributed by atoms with van der Waals surface area (Å²) >= 11 is 1.59. The second-order valence-electron chi connectivity index (χ2n) is 5.16. The molecule has 112 valence electrons. The van der Waals surface area contributed by atoms with Gasteiger partial charge in [0.25, 0.3) is 0 Å². The molecule has 0 radical (unpaired) electrons. The van der Waals surface area contributed by atoms with Crippen LogP contribution in [0.15, 0.2) is 54.2 Å². The number of nitrogens with one attached hydrogen (secondary N) is 1. The molecule has 1 aromatic carbocycles. The highest BCUT2D eigenvalue weighted by Crippen LogP contribution is 2.13. The summed E-state index contributed by atoms with van der Waals surface area (Å²) in [6.07, 6.45) is 3.95. The fourth-order valence-electron chi connectivity index (χ4n) is 2.25. The van der Waals surface area contributed by atoms with Crippen LogP contribution in [-0.2, 0) is 17.8 Å². The van der Waals surface area contributed by atoms with E-state index in [1.54, 1.807) is 17.5 Å². The van der Waals surface area contributed by atoms with E-state index >= 15 is 0 Å². The van der Waals surface area contributed by atoms with Crippen LogP contribution in [0.2, 0.25) is 0 Å². The zero-order chi connectivity index (χ0) is 15.4. The quantitative estimate of drug-likeness (QED) is 0.784. The summed E-state index contributed by atoms with van der Waals surface area (Å²) in [5.41, 5.74) is 3.19. The fraction of sp³-hybridized carbons (Fsp3) is 0.176. The minimum absolute atomic E-state index is 0.0158. The zero-order valence-electron chi connectivity index (χ0n) is 12.3. The van der Waals surface area contributed by atoms with Crippen LogP contribution in [0.3, 0.4) is 0 Å². The van der Waals surface area contributed by atoms with Gasteiger partial charge in [-0.3, -0.25) is 9.48 Å². The van der Waals surface area contributed by atoms with Gasteiger partial charge in [-0.1, -0.05) is 30.3 Å². The molecular formula is C17H17N3OS. The number of hydrogen-bond acceptors (Lipinski definition) is 3. The Bertz CT molecular complexity index is 762. The number of carbonyl (C=O) groups excluding carboxylic acids is 1. The molecule has 0 aliphatic carbocycles. The van der Waals surface area contributed by atoms with Gasteiger partial charge in [-0.2, -0.15) is 5.10 Å². The number of anilines is 1. The molecule has 0 spiro atoms. The third-order valence-corrected chi connectivity index (χ3v) is 4.30. The van der Waals surface area contributed by atoms with Gasteiger partial charge >= 0.3 is 0 Å². The molecule has 1 amide bonds. The molecule has 3 aromatic rings. The van der Waals surface area contributed by atoms with Crippen LogP contribution >= 0.6 is 11.3 Å². The van der Waals surface area contributed by atoms with Crippen LogP contribution in [0.1, 0.15) is 16.0 Å². The average molecular weight is 311 g/mol. The molecule has 0 aliphatic heterocycles. The number of rotatable bonds is 5. The highest BCUT2D eigenvalue weighted by atomic mass is 32.1. The van der Waals surface area contributed by atoms with Gasteiger partial charge in [-0.05, 0) is 29.5 Å². The van der Waals surface area contributed by atoms with Gasteiger partial charge in [-0.15, -0.1) is 11.3 Å². The SMILES string of the molecule is Cc1ccccc1Cn1cc(NC(=O)Cc2cccs2)cn1. The highest BCUT2D eigenvalue weighted by Gasteiger charge is 2.07. The number of aryl methyl sites for hydroxylation is 1. The maximum Gasteiger partial charge on any atom is 0.229 e. The van der Waals surface area contributed by atoms with Crippen molar-refractivity contribution >= 4 is 22.9 Å². The van der Waals surface area contributed by atoms with Gasteiger partial charge in [0.05, 0.1) is 24.8 Å². The van der Waals surface area contributed by atoms with Gasteiger partial charge in [0.15, 0.2) is 0 Å². The second-order valence-corrected chi connectivity index (χ2v) is 6.19. The van der Waals surface area contributed by atoms with E-state index in [0.29, 0.717) is 13.0 Å². The molecule has 2 heterocycles. The second kappa shape index (κ2) is 6.58. The monoisotopic (exact) mass is 311 g/mol. The minimum atomic E-state index is -0.0158. The normalized spacial score (nSPS) is 10.6. The van der Waals surface area contributed by atoms with E-state index in [1.807, 2.05) is 40.5 Å². The number of benzene rings is 1. The van der Waals surface area contributed by atoms with Crippen molar-refractivity contribution in [1.82, 2.24) is 9.78 Å². The lowest BCUT2D eigenvalue weighted by molar-refractivity contribution is -0.115. The Kier molecular flexibility index (Phi) is 4.34. The maximum atomic E-state index is 12.0. The number of thiophene rings is 1. The van der Waals surface area contributed by atoms with Gasteiger partial charge in [0.2, 0.25) is 5.91 Å². The van der Waals surface area contributed by atoms with Crippen molar-refractivity contribution in [2.75, 3.05) is 5.32 Å². The lowest BCUT2D eigenvalue weighted by atomic mass is 10.1. The first-order valence-electron chi connectivity index (χ1n) is 7.10. The molecule has 22 heavy (non-hydrogen) atoms. The van der Waals surface area contributed by atoms with Gasteiger partial charge < -0.3 is 5.32 Å². The third-order valence-electron chi connectivity index (χ3n) is 3.43. The Hall–Kier alpha value is -2.40. The third kappa shape index (κ3) is 3.62. The number of amides is 1. The molecule has 4 nitrogen and oxygen atoms in total. The van der Waals surface area contributed by atoms with Crippen LogP contribution < -0.4 is 5.32 Å². The van der Waals surface area contributed by atoms with Gasteiger partial charge in [-0.25, -0.2) is 0 Å². The predicted molar refractivity (Wildman–Crippen MR) is 89.2 cm³/mol. The minimum Gasteiger partial charge on any atom is -0.323 e. The van der Waals surface area contributed by atoms with Crippen LogP contribution in [0.25, 0.3) is 0 Å². The standard InChI is InChI=1S/C17H17N3OS/c1-13-5-2-3-6-14(13)11-20-12-15(10-18-20)19-17(21)9-16-7-4-8-22-16/h2-8,10,12H,9,11H2,1H3,(H,19,21). The van der Waals surface area contributed by atoms with E-state index in [2.05, 4.69) is 29.5 Å². The van der Waals surface area contributed by atoms with E-state index in [1.165, 1.54) is 11.1 Å². The summed E-state index contributed by atoms with van der Waals surface area (Å²) in [5.74, 6) is -0.0158. The van der Waals surface area contributed by atoms with Gasteiger partial charge in [0, 0.05) is 11.1 Å². The van der Waals surface area contributed by atoms with Crippen LogP contribution in [0, 0.1) is 6.92 Å². The molecule has 2 aromatic heterocycles. The van der Waals surface area contributed by atoms with Crippen molar-refractivity contribution in [2.24, 2.45) is 0 Å². The summed E-state index contributed by atoms with van der Waals surface area (Å²) in [4.78, 5) is 13.0. The number of nitrogens with zero attached hydrogens (tertiary/aromatic N) is 2. The first-order valence-corrected chi connectivity index (χ1v) is 7.98. The largest absolute Gasteiger partial charge is 0.323 e. The fourth-order valence-corrected chi connectivity index (χ4v) is 2.96. The van der Waals surface area contributed by atoms with Crippen LogP contribution in [0.5, 0.6) is 0 Å². The topological polar surface area (TPSA) is 46.9 Å². The molecule has 1 N–H and O–H groups in total. The maximum absolute atomic E-state index is 12.0. The smallest absolute Gasteiger partial charge is 0.229 e. The first-order chi connectivity index (χ1) is 10.7. The lowest BCUT2D eigenvalue weighted by Gasteiger charge is -2.05. The van der Waals surface area contributed by atoms with E-state index < -0.39 is 0 Å². The average Bonchev–Trinajstić information content (AvgIpc) is 3.14. The van der Waals surface area contributed by atoms with Crippen molar-refractivity contribution in [1.29, 1.82) is 0 Å². The Morgan fingerprint density at radius 1 is 1.27 bits per heavy atom. The molecule has 0 fully saturated rings. The number of carbonyl (C=O) groups is 1. The highest BCUT2D eigenvalue weighted by molar-refractivity contribution is 7.10. The summed E-state index contributed by atoms with van der Waals surface area (Å²) < 4.78 is 1.84. The van der Waals surface area contributed by atoms with Crippen molar-refractivity contribution in [2.45, 2.75) is 19.9 Å². The van der Waals surface area contributed by atoms with Crippen molar-refractivity contribution in [3.63, 3.8) is 0 Å². The Morgan fingerprint density at radius 2 is 2.14 bits per heavy atom. The summed E-state index contributed by atoms with van der Waals surface area (Å²) in [5, 5.41) is 9.17. The Morgan fingerprint density at radius 3 is 2.91 bits per heavy atom. The molecule has 3 rings (SSSR count). The molecule has 5 heteroatoms.